The number of rotatable bonds is 2. The summed E-state index contributed by atoms with van der Waals surface area (Å²) in [7, 11) is 0. The van der Waals surface area contributed by atoms with Crippen LogP contribution in [0.5, 0.6) is 0 Å². The molecule has 1 fully saturated rings. The lowest BCUT2D eigenvalue weighted by Crippen LogP contribution is -2.21. The van der Waals surface area contributed by atoms with Gasteiger partial charge in [0, 0.05) is 17.8 Å². The molecule has 1 aliphatic carbocycles. The summed E-state index contributed by atoms with van der Waals surface area (Å²) < 4.78 is 0. The van der Waals surface area contributed by atoms with Crippen molar-refractivity contribution in [3.8, 4) is 6.07 Å². The SMILES string of the molecule is Cc1cccc(N=C2CC(C#N)CC/C2=C(/N)CCl)c1. The number of hydrogen-bond donors (Lipinski definition) is 1. The minimum Gasteiger partial charge on any atom is -0.401 e. The molecule has 0 aliphatic heterocycles. The molecule has 0 amide bonds. The lowest BCUT2D eigenvalue weighted by Gasteiger charge is -2.22. The molecule has 1 atom stereocenters. The van der Waals surface area contributed by atoms with E-state index in [2.05, 4.69) is 6.07 Å². The summed E-state index contributed by atoms with van der Waals surface area (Å²) in [6.07, 6.45) is 2.26. The van der Waals surface area contributed by atoms with Gasteiger partial charge in [-0.2, -0.15) is 5.26 Å². The Bertz CT molecular complexity index is 596. The van der Waals surface area contributed by atoms with E-state index in [0.29, 0.717) is 18.0 Å². The Hall–Kier alpha value is -1.79. The zero-order chi connectivity index (χ0) is 14.5. The highest BCUT2D eigenvalue weighted by Crippen LogP contribution is 2.29. The third kappa shape index (κ3) is 3.40. The van der Waals surface area contributed by atoms with Gasteiger partial charge in [0.15, 0.2) is 0 Å². The van der Waals surface area contributed by atoms with Gasteiger partial charge in [0.05, 0.1) is 23.6 Å². The van der Waals surface area contributed by atoms with Crippen LogP contribution >= 0.6 is 11.6 Å². The molecule has 0 heterocycles. The first-order valence-corrected chi connectivity index (χ1v) is 7.25. The number of aliphatic imine (C=N–C) groups is 1. The largest absolute Gasteiger partial charge is 0.401 e. The Morgan fingerprint density at radius 1 is 1.55 bits per heavy atom. The molecule has 1 aromatic rings. The van der Waals surface area contributed by atoms with Crippen molar-refractivity contribution in [1.82, 2.24) is 0 Å². The maximum Gasteiger partial charge on any atom is 0.0660 e. The minimum absolute atomic E-state index is 0.0189. The van der Waals surface area contributed by atoms with Gasteiger partial charge in [0.2, 0.25) is 0 Å². The highest BCUT2D eigenvalue weighted by molar-refractivity contribution is 6.20. The summed E-state index contributed by atoms with van der Waals surface area (Å²) >= 11 is 5.85. The predicted molar refractivity (Wildman–Crippen MR) is 83.2 cm³/mol. The molecule has 1 aromatic carbocycles. The van der Waals surface area contributed by atoms with E-state index >= 15 is 0 Å². The van der Waals surface area contributed by atoms with Gasteiger partial charge in [-0.3, -0.25) is 4.99 Å². The van der Waals surface area contributed by atoms with E-state index < -0.39 is 0 Å². The maximum atomic E-state index is 9.12. The van der Waals surface area contributed by atoms with Crippen LogP contribution in [0.3, 0.4) is 0 Å². The topological polar surface area (TPSA) is 62.2 Å². The summed E-state index contributed by atoms with van der Waals surface area (Å²) in [4.78, 5) is 4.70. The number of hydrogen-bond acceptors (Lipinski definition) is 3. The van der Waals surface area contributed by atoms with Crippen molar-refractivity contribution in [3.63, 3.8) is 0 Å². The quantitative estimate of drug-likeness (QED) is 0.840. The Labute approximate surface area is 124 Å². The van der Waals surface area contributed by atoms with Gasteiger partial charge in [0.25, 0.3) is 0 Å². The number of benzene rings is 1. The molecule has 2 N–H and O–H groups in total. The molecule has 0 saturated heterocycles. The first kappa shape index (κ1) is 14.6. The van der Waals surface area contributed by atoms with Crippen LogP contribution in [0.4, 0.5) is 5.69 Å². The van der Waals surface area contributed by atoms with Gasteiger partial charge in [-0.05, 0) is 43.0 Å². The Morgan fingerprint density at radius 3 is 3.00 bits per heavy atom. The normalized spacial score (nSPS) is 23.4. The van der Waals surface area contributed by atoms with Crippen LogP contribution in [0.25, 0.3) is 0 Å². The average molecular weight is 288 g/mol. The molecular weight excluding hydrogens is 270 g/mol. The van der Waals surface area contributed by atoms with Crippen molar-refractivity contribution >= 4 is 23.0 Å². The van der Waals surface area contributed by atoms with Gasteiger partial charge < -0.3 is 5.73 Å². The number of aryl methyl sites for hydroxylation is 1. The second-order valence-corrected chi connectivity index (χ2v) is 5.37. The van der Waals surface area contributed by atoms with E-state index in [1.165, 1.54) is 0 Å². The van der Waals surface area contributed by atoms with Crippen molar-refractivity contribution in [2.24, 2.45) is 16.6 Å². The number of nitrogens with two attached hydrogens (primary N) is 1. The fourth-order valence-electron chi connectivity index (χ4n) is 2.42. The smallest absolute Gasteiger partial charge is 0.0660 e. The molecule has 0 bridgehead atoms. The van der Waals surface area contributed by atoms with Crippen molar-refractivity contribution < 1.29 is 0 Å². The molecule has 0 aromatic heterocycles. The Morgan fingerprint density at radius 2 is 2.35 bits per heavy atom. The van der Waals surface area contributed by atoms with Crippen LogP contribution in [-0.2, 0) is 0 Å². The van der Waals surface area contributed by atoms with Gasteiger partial charge in [-0.25, -0.2) is 0 Å². The molecule has 104 valence electrons. The van der Waals surface area contributed by atoms with Crippen molar-refractivity contribution in [3.05, 3.63) is 41.1 Å². The lowest BCUT2D eigenvalue weighted by atomic mass is 9.84. The molecule has 20 heavy (non-hydrogen) atoms. The molecular formula is C16H18ClN3. The molecule has 1 aliphatic rings. The zero-order valence-electron chi connectivity index (χ0n) is 11.6. The van der Waals surface area contributed by atoms with Gasteiger partial charge in [-0.1, -0.05) is 12.1 Å². The number of halogens is 1. The summed E-state index contributed by atoms with van der Waals surface area (Å²) in [5.74, 6) is 0.324. The van der Waals surface area contributed by atoms with Gasteiger partial charge in [0.1, 0.15) is 0 Å². The standard InChI is InChI=1S/C16H18ClN3/c1-11-3-2-4-13(7-11)20-16-8-12(10-18)5-6-14(16)15(19)9-17/h2-4,7,12H,5-6,8-9,19H2,1H3/b15-14-,20-16?. The molecule has 3 nitrogen and oxygen atoms in total. The van der Waals surface area contributed by atoms with Crippen LogP contribution in [-0.4, -0.2) is 11.6 Å². The Kier molecular flexibility index (Phi) is 4.81. The van der Waals surface area contributed by atoms with Crippen molar-refractivity contribution in [2.45, 2.75) is 26.2 Å². The van der Waals surface area contributed by atoms with Gasteiger partial charge >= 0.3 is 0 Å². The molecule has 0 spiro atoms. The van der Waals surface area contributed by atoms with E-state index in [9.17, 15) is 0 Å². The summed E-state index contributed by atoms with van der Waals surface area (Å²) in [6.45, 7) is 2.03. The van der Waals surface area contributed by atoms with E-state index in [4.69, 9.17) is 27.6 Å². The fraction of sp³-hybridized carbons (Fsp3) is 0.375. The third-order valence-corrected chi connectivity index (χ3v) is 3.80. The zero-order valence-corrected chi connectivity index (χ0v) is 12.3. The fourth-order valence-corrected chi connectivity index (χ4v) is 2.59. The number of nitrogens with zero attached hydrogens (tertiary/aromatic N) is 2. The number of allylic oxidation sites excluding steroid dienone is 2. The lowest BCUT2D eigenvalue weighted by molar-refractivity contribution is 0.600. The molecule has 2 rings (SSSR count). The van der Waals surface area contributed by atoms with Crippen molar-refractivity contribution in [1.29, 1.82) is 5.26 Å². The van der Waals surface area contributed by atoms with Crippen LogP contribution in [0, 0.1) is 24.2 Å². The predicted octanol–water partition coefficient (Wildman–Crippen LogP) is 3.84. The highest BCUT2D eigenvalue weighted by Gasteiger charge is 2.23. The Balaban J connectivity index is 2.39. The minimum atomic E-state index is 0.0189. The maximum absolute atomic E-state index is 9.12. The highest BCUT2D eigenvalue weighted by atomic mass is 35.5. The number of alkyl halides is 1. The number of nitriles is 1. The first-order chi connectivity index (χ1) is 9.63. The molecule has 0 radical (unpaired) electrons. The van der Waals surface area contributed by atoms with E-state index in [1.54, 1.807) is 0 Å². The van der Waals surface area contributed by atoms with E-state index in [-0.39, 0.29) is 5.92 Å². The molecule has 1 saturated carbocycles. The van der Waals surface area contributed by atoms with E-state index in [0.717, 1.165) is 35.4 Å². The summed E-state index contributed by atoms with van der Waals surface area (Å²) in [5.41, 5.74) is 10.7. The van der Waals surface area contributed by atoms with Crippen LogP contribution in [0.2, 0.25) is 0 Å². The van der Waals surface area contributed by atoms with Crippen LogP contribution < -0.4 is 5.73 Å². The summed E-state index contributed by atoms with van der Waals surface area (Å²) in [5, 5.41) is 9.12. The molecule has 1 unspecified atom stereocenters. The average Bonchev–Trinajstić information content (AvgIpc) is 2.46. The van der Waals surface area contributed by atoms with Crippen LogP contribution in [0.15, 0.2) is 40.5 Å². The molecule has 4 heteroatoms. The second kappa shape index (κ2) is 6.58. The summed E-state index contributed by atoms with van der Waals surface area (Å²) in [6, 6.07) is 10.3. The monoisotopic (exact) mass is 287 g/mol. The van der Waals surface area contributed by atoms with Gasteiger partial charge in [-0.15, -0.1) is 11.6 Å². The van der Waals surface area contributed by atoms with Crippen LogP contribution in [0.1, 0.15) is 24.8 Å². The first-order valence-electron chi connectivity index (χ1n) is 6.71. The second-order valence-electron chi connectivity index (χ2n) is 5.10. The van der Waals surface area contributed by atoms with E-state index in [1.807, 2.05) is 31.2 Å². The third-order valence-electron chi connectivity index (χ3n) is 3.51. The van der Waals surface area contributed by atoms with Crippen molar-refractivity contribution in [2.75, 3.05) is 5.88 Å².